The SMILES string of the molecule is COc1ccc(N(CCCN)Cc2ccc(O)cc2)cc1. The molecule has 0 atom stereocenters. The summed E-state index contributed by atoms with van der Waals surface area (Å²) in [4.78, 5) is 2.28. The monoisotopic (exact) mass is 286 g/mol. The van der Waals surface area contributed by atoms with Gasteiger partial charge in [0.1, 0.15) is 11.5 Å². The standard InChI is InChI=1S/C17H22N2O2/c1-21-17-9-5-15(6-10-17)19(12-2-11-18)13-14-3-7-16(20)8-4-14/h3-10,20H,2,11-13,18H2,1H3. The summed E-state index contributed by atoms with van der Waals surface area (Å²) in [5, 5.41) is 9.36. The number of phenolic OH excluding ortho intramolecular Hbond substituents is 1. The van der Waals surface area contributed by atoms with Gasteiger partial charge in [-0.2, -0.15) is 0 Å². The van der Waals surface area contributed by atoms with Crippen molar-refractivity contribution in [3.8, 4) is 11.5 Å². The maximum atomic E-state index is 9.36. The van der Waals surface area contributed by atoms with Crippen LogP contribution in [0.25, 0.3) is 0 Å². The summed E-state index contributed by atoms with van der Waals surface area (Å²) in [5.74, 6) is 1.14. The van der Waals surface area contributed by atoms with Crippen LogP contribution in [0.5, 0.6) is 11.5 Å². The zero-order valence-electron chi connectivity index (χ0n) is 12.3. The minimum atomic E-state index is 0.289. The molecule has 0 unspecified atom stereocenters. The van der Waals surface area contributed by atoms with E-state index in [0.717, 1.165) is 36.5 Å². The van der Waals surface area contributed by atoms with Crippen molar-refractivity contribution in [2.24, 2.45) is 5.73 Å². The van der Waals surface area contributed by atoms with Crippen molar-refractivity contribution in [2.45, 2.75) is 13.0 Å². The molecule has 0 aliphatic heterocycles. The van der Waals surface area contributed by atoms with Crippen LogP contribution in [0.4, 0.5) is 5.69 Å². The van der Waals surface area contributed by atoms with Gasteiger partial charge < -0.3 is 20.5 Å². The molecule has 0 saturated heterocycles. The molecule has 0 aliphatic carbocycles. The highest BCUT2D eigenvalue weighted by molar-refractivity contribution is 5.49. The van der Waals surface area contributed by atoms with Gasteiger partial charge in [0.05, 0.1) is 7.11 Å². The molecule has 0 saturated carbocycles. The third-order valence-corrected chi connectivity index (χ3v) is 3.38. The second-order valence-corrected chi connectivity index (χ2v) is 4.93. The lowest BCUT2D eigenvalue weighted by atomic mass is 10.1. The topological polar surface area (TPSA) is 58.7 Å². The van der Waals surface area contributed by atoms with Gasteiger partial charge in [0.15, 0.2) is 0 Å². The number of nitrogens with two attached hydrogens (primary N) is 1. The second kappa shape index (κ2) is 7.55. The summed E-state index contributed by atoms with van der Waals surface area (Å²) < 4.78 is 5.20. The van der Waals surface area contributed by atoms with Gasteiger partial charge in [0, 0.05) is 18.8 Å². The van der Waals surface area contributed by atoms with Crippen LogP contribution < -0.4 is 15.4 Å². The third-order valence-electron chi connectivity index (χ3n) is 3.38. The largest absolute Gasteiger partial charge is 0.508 e. The van der Waals surface area contributed by atoms with E-state index in [9.17, 15) is 5.11 Å². The van der Waals surface area contributed by atoms with Gasteiger partial charge in [0.2, 0.25) is 0 Å². The Morgan fingerprint density at radius 2 is 1.71 bits per heavy atom. The molecular formula is C17H22N2O2. The molecule has 0 spiro atoms. The van der Waals surface area contributed by atoms with E-state index in [2.05, 4.69) is 17.0 Å². The average Bonchev–Trinajstić information content (AvgIpc) is 2.53. The van der Waals surface area contributed by atoms with Crippen molar-refractivity contribution in [1.82, 2.24) is 0 Å². The number of aromatic hydroxyl groups is 1. The van der Waals surface area contributed by atoms with Crippen molar-refractivity contribution in [3.63, 3.8) is 0 Å². The Bertz CT molecular complexity index is 538. The molecule has 0 bridgehead atoms. The maximum absolute atomic E-state index is 9.36. The fraction of sp³-hybridized carbons (Fsp3) is 0.294. The van der Waals surface area contributed by atoms with Crippen LogP contribution in [0.15, 0.2) is 48.5 Å². The van der Waals surface area contributed by atoms with Crippen LogP contribution in [0.1, 0.15) is 12.0 Å². The number of hydrogen-bond donors (Lipinski definition) is 2. The third kappa shape index (κ3) is 4.39. The molecule has 4 heteroatoms. The Labute approximate surface area is 125 Å². The van der Waals surface area contributed by atoms with E-state index in [0.29, 0.717) is 6.54 Å². The van der Waals surface area contributed by atoms with Gasteiger partial charge in [-0.05, 0) is 54.9 Å². The van der Waals surface area contributed by atoms with E-state index in [-0.39, 0.29) is 5.75 Å². The lowest BCUT2D eigenvalue weighted by Gasteiger charge is -2.25. The van der Waals surface area contributed by atoms with Gasteiger partial charge in [-0.15, -0.1) is 0 Å². The summed E-state index contributed by atoms with van der Waals surface area (Å²) in [6, 6.07) is 15.3. The van der Waals surface area contributed by atoms with Crippen molar-refractivity contribution in [2.75, 3.05) is 25.1 Å². The number of rotatable bonds is 7. The van der Waals surface area contributed by atoms with Crippen LogP contribution in [-0.4, -0.2) is 25.3 Å². The maximum Gasteiger partial charge on any atom is 0.119 e. The summed E-state index contributed by atoms with van der Waals surface area (Å²) in [5.41, 5.74) is 7.92. The van der Waals surface area contributed by atoms with Crippen molar-refractivity contribution in [1.29, 1.82) is 0 Å². The van der Waals surface area contributed by atoms with E-state index in [1.54, 1.807) is 19.2 Å². The van der Waals surface area contributed by atoms with E-state index in [1.165, 1.54) is 0 Å². The van der Waals surface area contributed by atoms with Gasteiger partial charge >= 0.3 is 0 Å². The number of ether oxygens (including phenoxy) is 1. The van der Waals surface area contributed by atoms with Gasteiger partial charge in [0.25, 0.3) is 0 Å². The lowest BCUT2D eigenvalue weighted by molar-refractivity contribution is 0.415. The normalized spacial score (nSPS) is 10.4. The Morgan fingerprint density at radius 3 is 2.29 bits per heavy atom. The number of benzene rings is 2. The van der Waals surface area contributed by atoms with E-state index in [1.807, 2.05) is 24.3 Å². The fourth-order valence-corrected chi connectivity index (χ4v) is 2.20. The van der Waals surface area contributed by atoms with E-state index >= 15 is 0 Å². The van der Waals surface area contributed by atoms with Crippen LogP contribution >= 0.6 is 0 Å². The molecule has 0 aromatic heterocycles. The number of phenols is 1. The second-order valence-electron chi connectivity index (χ2n) is 4.93. The summed E-state index contributed by atoms with van der Waals surface area (Å²) >= 11 is 0. The predicted molar refractivity (Wildman–Crippen MR) is 85.8 cm³/mol. The molecule has 2 aromatic carbocycles. The lowest BCUT2D eigenvalue weighted by Crippen LogP contribution is -2.25. The highest BCUT2D eigenvalue weighted by Crippen LogP contribution is 2.22. The fourth-order valence-electron chi connectivity index (χ4n) is 2.20. The van der Waals surface area contributed by atoms with Crippen LogP contribution in [0.3, 0.4) is 0 Å². The average molecular weight is 286 g/mol. The molecule has 0 amide bonds. The smallest absolute Gasteiger partial charge is 0.119 e. The zero-order chi connectivity index (χ0) is 15.1. The highest BCUT2D eigenvalue weighted by atomic mass is 16.5. The molecule has 0 aliphatic rings. The first-order valence-electron chi connectivity index (χ1n) is 7.10. The molecule has 0 fully saturated rings. The minimum absolute atomic E-state index is 0.289. The molecule has 4 nitrogen and oxygen atoms in total. The molecule has 3 N–H and O–H groups in total. The molecular weight excluding hydrogens is 264 g/mol. The molecule has 112 valence electrons. The Balaban J connectivity index is 2.14. The Hall–Kier alpha value is -2.20. The van der Waals surface area contributed by atoms with Gasteiger partial charge in [-0.1, -0.05) is 12.1 Å². The number of hydrogen-bond acceptors (Lipinski definition) is 4. The molecule has 0 heterocycles. The minimum Gasteiger partial charge on any atom is -0.508 e. The van der Waals surface area contributed by atoms with E-state index < -0.39 is 0 Å². The van der Waals surface area contributed by atoms with Gasteiger partial charge in [-0.3, -0.25) is 0 Å². The predicted octanol–water partition coefficient (Wildman–Crippen LogP) is 2.76. The molecule has 0 radical (unpaired) electrons. The number of anilines is 1. The van der Waals surface area contributed by atoms with Crippen LogP contribution in [0, 0.1) is 0 Å². The summed E-state index contributed by atoms with van der Waals surface area (Å²) in [6.45, 7) is 2.35. The molecule has 21 heavy (non-hydrogen) atoms. The summed E-state index contributed by atoms with van der Waals surface area (Å²) in [6.07, 6.45) is 0.935. The highest BCUT2D eigenvalue weighted by Gasteiger charge is 2.07. The first kappa shape index (κ1) is 15.2. The quantitative estimate of drug-likeness (QED) is 0.821. The first-order valence-corrected chi connectivity index (χ1v) is 7.10. The van der Waals surface area contributed by atoms with Crippen molar-refractivity contribution >= 4 is 5.69 Å². The van der Waals surface area contributed by atoms with Crippen molar-refractivity contribution in [3.05, 3.63) is 54.1 Å². The van der Waals surface area contributed by atoms with Crippen LogP contribution in [0.2, 0.25) is 0 Å². The number of nitrogens with zero attached hydrogens (tertiary/aromatic N) is 1. The Kier molecular flexibility index (Phi) is 5.46. The van der Waals surface area contributed by atoms with Gasteiger partial charge in [-0.25, -0.2) is 0 Å². The molecule has 2 aromatic rings. The van der Waals surface area contributed by atoms with Crippen molar-refractivity contribution < 1.29 is 9.84 Å². The summed E-state index contributed by atoms with van der Waals surface area (Å²) in [7, 11) is 1.66. The molecule has 2 rings (SSSR count). The van der Waals surface area contributed by atoms with Crippen LogP contribution in [-0.2, 0) is 6.54 Å². The Morgan fingerprint density at radius 1 is 1.05 bits per heavy atom. The first-order chi connectivity index (χ1) is 10.2. The van der Waals surface area contributed by atoms with E-state index in [4.69, 9.17) is 10.5 Å². The zero-order valence-corrected chi connectivity index (χ0v) is 12.3. The number of methoxy groups -OCH3 is 1.